The molecule has 1 aromatic heterocycles. The van der Waals surface area contributed by atoms with Crippen molar-refractivity contribution in [3.8, 4) is 34.3 Å². The average molecular weight is 474 g/mol. The summed E-state index contributed by atoms with van der Waals surface area (Å²) in [6.07, 6.45) is 3.10. The van der Waals surface area contributed by atoms with Crippen LogP contribution in [0, 0.1) is 0 Å². The Bertz CT molecular complexity index is 1370. The lowest BCUT2D eigenvalue weighted by molar-refractivity contribution is -0.533. The van der Waals surface area contributed by atoms with Crippen molar-refractivity contribution in [3.05, 3.63) is 58.3 Å². The van der Waals surface area contributed by atoms with Gasteiger partial charge in [-0.3, -0.25) is 0 Å². The third-order valence-electron chi connectivity index (χ3n) is 8.05. The largest absolute Gasteiger partial charge is 0.493 e. The minimum atomic E-state index is 0.511. The van der Waals surface area contributed by atoms with E-state index in [1.165, 1.54) is 44.9 Å². The van der Waals surface area contributed by atoms with E-state index >= 15 is 0 Å². The van der Waals surface area contributed by atoms with Crippen molar-refractivity contribution in [1.29, 1.82) is 0 Å². The number of nitrogens with zero attached hydrogens (tertiary/aromatic N) is 2. The first-order valence-corrected chi connectivity index (χ1v) is 12.5. The van der Waals surface area contributed by atoms with Crippen molar-refractivity contribution < 1.29 is 23.5 Å². The van der Waals surface area contributed by atoms with Crippen molar-refractivity contribution in [2.45, 2.75) is 38.6 Å². The SMILES string of the molecule is CC[C@H]1C[N+]2=C(c3cc(OC)c(OC)cc3CC2)c2c1cc1n2CCc2cc(OC)c(OC)cc2-1. The van der Waals surface area contributed by atoms with Crippen LogP contribution in [0.3, 0.4) is 0 Å². The molecule has 182 valence electrons. The second-order valence-electron chi connectivity index (χ2n) is 9.61. The van der Waals surface area contributed by atoms with Gasteiger partial charge in [-0.25, -0.2) is 4.58 Å². The lowest BCUT2D eigenvalue weighted by Crippen LogP contribution is -2.39. The molecule has 0 bridgehead atoms. The highest BCUT2D eigenvalue weighted by molar-refractivity contribution is 6.12. The summed E-state index contributed by atoms with van der Waals surface area (Å²) in [6.45, 7) is 5.33. The predicted octanol–water partition coefficient (Wildman–Crippen LogP) is 4.66. The van der Waals surface area contributed by atoms with Crippen LogP contribution in [0.1, 0.15) is 47.2 Å². The molecule has 1 atom stereocenters. The second-order valence-corrected chi connectivity index (χ2v) is 9.61. The number of aryl methyl sites for hydroxylation is 1. The predicted molar refractivity (Wildman–Crippen MR) is 136 cm³/mol. The van der Waals surface area contributed by atoms with E-state index in [2.05, 4.69) is 46.4 Å². The van der Waals surface area contributed by atoms with E-state index in [1.54, 1.807) is 28.4 Å². The molecule has 2 aromatic carbocycles. The van der Waals surface area contributed by atoms with Crippen molar-refractivity contribution in [2.24, 2.45) is 0 Å². The molecule has 6 nitrogen and oxygen atoms in total. The molecule has 0 saturated heterocycles. The molecule has 0 fully saturated rings. The maximum atomic E-state index is 5.71. The Morgan fingerprint density at radius 1 is 0.800 bits per heavy atom. The Morgan fingerprint density at radius 2 is 1.40 bits per heavy atom. The first-order chi connectivity index (χ1) is 17.1. The quantitative estimate of drug-likeness (QED) is 0.506. The zero-order valence-corrected chi connectivity index (χ0v) is 21.2. The van der Waals surface area contributed by atoms with Gasteiger partial charge in [0.15, 0.2) is 23.0 Å². The Balaban J connectivity index is 1.59. The fourth-order valence-corrected chi connectivity index (χ4v) is 6.26. The number of aromatic nitrogens is 1. The molecule has 0 unspecified atom stereocenters. The molecule has 4 heterocycles. The number of fused-ring (bicyclic) bond motifs is 8. The first kappa shape index (κ1) is 22.1. The molecule has 35 heavy (non-hydrogen) atoms. The number of hydrogen-bond donors (Lipinski definition) is 0. The van der Waals surface area contributed by atoms with Gasteiger partial charge < -0.3 is 23.5 Å². The van der Waals surface area contributed by atoms with E-state index in [0.29, 0.717) is 5.92 Å². The van der Waals surface area contributed by atoms with Crippen molar-refractivity contribution in [1.82, 2.24) is 4.57 Å². The average Bonchev–Trinajstić information content (AvgIpc) is 3.30. The van der Waals surface area contributed by atoms with Crippen LogP contribution in [-0.2, 0) is 19.4 Å². The molecule has 0 aliphatic carbocycles. The zero-order valence-electron chi connectivity index (χ0n) is 21.2. The highest BCUT2D eigenvalue weighted by atomic mass is 16.5. The summed E-state index contributed by atoms with van der Waals surface area (Å²) in [6, 6.07) is 11.1. The lowest BCUT2D eigenvalue weighted by Gasteiger charge is -2.29. The van der Waals surface area contributed by atoms with Crippen LogP contribution in [0.2, 0.25) is 0 Å². The van der Waals surface area contributed by atoms with E-state index < -0.39 is 0 Å². The van der Waals surface area contributed by atoms with Crippen molar-refractivity contribution in [2.75, 3.05) is 41.5 Å². The number of rotatable bonds is 5. The molecule has 6 heteroatoms. The Kier molecular flexibility index (Phi) is 5.28. The van der Waals surface area contributed by atoms with Gasteiger partial charge in [-0.1, -0.05) is 6.92 Å². The van der Waals surface area contributed by atoms with Gasteiger partial charge >= 0.3 is 0 Å². The van der Waals surface area contributed by atoms with Crippen LogP contribution < -0.4 is 18.9 Å². The van der Waals surface area contributed by atoms with Gasteiger partial charge in [-0.15, -0.1) is 0 Å². The standard InChI is InChI=1S/C29H33N2O4/c1-6-17-16-30-9-7-19-12-25(33-3)27(35-5)15-22(19)28(30)29-21(17)13-23-20-14-26(34-4)24(32-2)11-18(20)8-10-31(23)29/h11-15,17H,6-10,16H2,1-5H3/q+1/t17-/m0/s1. The Morgan fingerprint density at radius 3 is 2.03 bits per heavy atom. The lowest BCUT2D eigenvalue weighted by atomic mass is 9.85. The number of ether oxygens (including phenoxy) is 4. The van der Waals surface area contributed by atoms with Crippen LogP contribution in [0.15, 0.2) is 30.3 Å². The van der Waals surface area contributed by atoms with Crippen LogP contribution in [-0.4, -0.2) is 56.4 Å². The molecule has 0 spiro atoms. The summed E-state index contributed by atoms with van der Waals surface area (Å²) in [7, 11) is 6.84. The van der Waals surface area contributed by atoms with Crippen molar-refractivity contribution in [3.63, 3.8) is 0 Å². The normalized spacial score (nSPS) is 17.6. The van der Waals surface area contributed by atoms with E-state index in [-0.39, 0.29) is 0 Å². The second kappa shape index (κ2) is 8.36. The zero-order chi connectivity index (χ0) is 24.3. The van der Waals surface area contributed by atoms with Gasteiger partial charge in [0, 0.05) is 30.1 Å². The molecule has 0 amide bonds. The fraction of sp³-hybridized carbons (Fsp3) is 0.414. The summed E-state index contributed by atoms with van der Waals surface area (Å²) >= 11 is 0. The summed E-state index contributed by atoms with van der Waals surface area (Å²) in [4.78, 5) is 0. The van der Waals surface area contributed by atoms with Gasteiger partial charge in [0.05, 0.1) is 34.0 Å². The summed E-state index contributed by atoms with van der Waals surface area (Å²) in [5.41, 5.74) is 10.6. The minimum Gasteiger partial charge on any atom is -0.493 e. The molecule has 3 aliphatic rings. The van der Waals surface area contributed by atoms with E-state index in [9.17, 15) is 0 Å². The van der Waals surface area contributed by atoms with E-state index in [1.807, 2.05) is 0 Å². The summed E-state index contributed by atoms with van der Waals surface area (Å²) < 4.78 is 27.7. The minimum absolute atomic E-state index is 0.511. The van der Waals surface area contributed by atoms with E-state index in [4.69, 9.17) is 18.9 Å². The smallest absolute Gasteiger partial charge is 0.231 e. The molecule has 6 rings (SSSR count). The van der Waals surface area contributed by atoms with Crippen LogP contribution >= 0.6 is 0 Å². The van der Waals surface area contributed by atoms with E-state index in [0.717, 1.165) is 61.9 Å². The molecule has 0 N–H and O–H groups in total. The van der Waals surface area contributed by atoms with Gasteiger partial charge in [0.2, 0.25) is 5.71 Å². The first-order valence-electron chi connectivity index (χ1n) is 12.5. The molecule has 3 aliphatic heterocycles. The third-order valence-corrected chi connectivity index (χ3v) is 8.05. The topological polar surface area (TPSA) is 44.9 Å². The highest BCUT2D eigenvalue weighted by Crippen LogP contribution is 2.44. The van der Waals surface area contributed by atoms with Gasteiger partial charge in [0.25, 0.3) is 0 Å². The Labute approximate surface area is 206 Å². The maximum Gasteiger partial charge on any atom is 0.231 e. The third kappa shape index (κ3) is 3.19. The van der Waals surface area contributed by atoms with Crippen LogP contribution in [0.5, 0.6) is 23.0 Å². The highest BCUT2D eigenvalue weighted by Gasteiger charge is 2.41. The molecular formula is C29H33N2O4+. The van der Waals surface area contributed by atoms with Gasteiger partial charge in [-0.05, 0) is 59.9 Å². The number of benzene rings is 2. The van der Waals surface area contributed by atoms with Gasteiger partial charge in [0.1, 0.15) is 18.8 Å². The summed E-state index contributed by atoms with van der Waals surface area (Å²) in [5.74, 6) is 3.67. The van der Waals surface area contributed by atoms with Crippen molar-refractivity contribution >= 4 is 5.71 Å². The van der Waals surface area contributed by atoms with Crippen LogP contribution in [0.4, 0.5) is 0 Å². The monoisotopic (exact) mass is 473 g/mol. The fourth-order valence-electron chi connectivity index (χ4n) is 6.26. The van der Waals surface area contributed by atoms with Crippen LogP contribution in [0.25, 0.3) is 11.3 Å². The molecule has 0 radical (unpaired) electrons. The number of methoxy groups -OCH3 is 4. The van der Waals surface area contributed by atoms with Gasteiger partial charge in [-0.2, -0.15) is 0 Å². The Hall–Kier alpha value is -3.41. The molecule has 0 saturated carbocycles. The maximum absolute atomic E-state index is 5.71. The number of hydrogen-bond acceptors (Lipinski definition) is 4. The summed E-state index contributed by atoms with van der Waals surface area (Å²) in [5, 5.41) is 0. The molecule has 3 aromatic rings. The molecular weight excluding hydrogens is 440 g/mol.